The van der Waals surface area contributed by atoms with Crippen molar-refractivity contribution < 1.29 is 0 Å². The van der Waals surface area contributed by atoms with Crippen LogP contribution < -0.4 is 10.1 Å². The molecule has 0 amide bonds. The van der Waals surface area contributed by atoms with Crippen LogP contribution in [-0.2, 0) is 7.05 Å². The normalized spacial score (nSPS) is 12.8. The average Bonchev–Trinajstić information content (AvgIpc) is 3.22. The summed E-state index contributed by atoms with van der Waals surface area (Å²) in [5.41, 5.74) is 6.35. The van der Waals surface area contributed by atoms with Crippen LogP contribution in [0.5, 0.6) is 0 Å². The van der Waals surface area contributed by atoms with Crippen molar-refractivity contribution in [1.29, 1.82) is 0 Å². The second-order valence-electron chi connectivity index (χ2n) is 6.78. The van der Waals surface area contributed by atoms with E-state index in [1.165, 1.54) is 22.5 Å². The number of fused-ring (bicyclic) bond motifs is 4. The molecule has 0 aliphatic rings. The molecule has 3 heterocycles. The van der Waals surface area contributed by atoms with Crippen LogP contribution in [0.4, 0.5) is 0 Å². The summed E-state index contributed by atoms with van der Waals surface area (Å²) in [7, 11) is 2.03. The summed E-state index contributed by atoms with van der Waals surface area (Å²) in [5.74, 6) is 0. The summed E-state index contributed by atoms with van der Waals surface area (Å²) in [6.45, 7) is 4.13. The molecule has 128 valence electrons. The molecule has 0 fully saturated rings. The lowest BCUT2D eigenvalue weighted by atomic mass is 10.1. The molecule has 0 spiro atoms. The molecule has 0 saturated carbocycles. The lowest BCUT2D eigenvalue weighted by molar-refractivity contribution is 0.968. The first-order valence-electron chi connectivity index (χ1n) is 8.51. The molecule has 0 aliphatic heterocycles. The van der Waals surface area contributed by atoms with E-state index < -0.39 is 0 Å². The van der Waals surface area contributed by atoms with Crippen molar-refractivity contribution in [2.24, 2.45) is 7.05 Å². The minimum Gasteiger partial charge on any atom is -0.350 e. The number of hydrogen-bond acceptors (Lipinski definition) is 3. The Morgan fingerprint density at radius 2 is 1.85 bits per heavy atom. The third-order valence-corrected chi connectivity index (χ3v) is 6.04. The molecule has 3 aromatic heterocycles. The van der Waals surface area contributed by atoms with Crippen LogP contribution in [0, 0.1) is 13.8 Å². The van der Waals surface area contributed by atoms with Gasteiger partial charge >= 0.3 is 0 Å². The molecule has 0 bridgehead atoms. The molecule has 0 unspecified atom stereocenters. The van der Waals surface area contributed by atoms with Gasteiger partial charge in [-0.05, 0) is 49.2 Å². The minimum absolute atomic E-state index is 0.00341. The van der Waals surface area contributed by atoms with E-state index >= 15 is 0 Å². The van der Waals surface area contributed by atoms with E-state index in [0.717, 1.165) is 32.5 Å². The first-order chi connectivity index (χ1) is 12.5. The van der Waals surface area contributed by atoms with Crippen molar-refractivity contribution in [3.63, 3.8) is 0 Å². The lowest BCUT2D eigenvalue weighted by Gasteiger charge is -1.98. The van der Waals surface area contributed by atoms with Crippen LogP contribution in [0.2, 0.25) is 0 Å². The highest BCUT2D eigenvalue weighted by Crippen LogP contribution is 2.22. The largest absolute Gasteiger partial charge is 0.350 e. The number of imidazole rings is 1. The van der Waals surface area contributed by atoms with E-state index in [9.17, 15) is 4.79 Å². The third-order valence-electron chi connectivity index (χ3n) is 5.07. The molecule has 4 nitrogen and oxygen atoms in total. The monoisotopic (exact) mass is 359 g/mol. The van der Waals surface area contributed by atoms with Gasteiger partial charge < -0.3 is 4.57 Å². The van der Waals surface area contributed by atoms with Gasteiger partial charge in [0.05, 0.1) is 15.6 Å². The quantitative estimate of drug-likeness (QED) is 0.459. The third kappa shape index (κ3) is 2.07. The Labute approximate surface area is 153 Å². The zero-order chi connectivity index (χ0) is 18.0. The first-order valence-corrected chi connectivity index (χ1v) is 9.32. The SMILES string of the molecule is Cc1cc2nc3sc(=Cc4cn(C)c5ccccc45)c(=O)n3c2cc1C. The van der Waals surface area contributed by atoms with Crippen molar-refractivity contribution in [3.8, 4) is 0 Å². The second-order valence-corrected chi connectivity index (χ2v) is 7.79. The Morgan fingerprint density at radius 1 is 1.08 bits per heavy atom. The van der Waals surface area contributed by atoms with Crippen molar-refractivity contribution >= 4 is 44.3 Å². The maximum Gasteiger partial charge on any atom is 0.274 e. The van der Waals surface area contributed by atoms with Crippen LogP contribution in [0.15, 0.2) is 47.4 Å². The zero-order valence-electron chi connectivity index (χ0n) is 14.8. The number of rotatable bonds is 1. The number of nitrogens with zero attached hydrogens (tertiary/aromatic N) is 3. The molecule has 0 aliphatic carbocycles. The average molecular weight is 359 g/mol. The van der Waals surface area contributed by atoms with Gasteiger partial charge in [-0.25, -0.2) is 9.38 Å². The fourth-order valence-electron chi connectivity index (χ4n) is 3.55. The zero-order valence-corrected chi connectivity index (χ0v) is 15.6. The molecule has 0 saturated heterocycles. The van der Waals surface area contributed by atoms with Crippen molar-refractivity contribution in [1.82, 2.24) is 14.0 Å². The Bertz CT molecular complexity index is 1440. The summed E-state index contributed by atoms with van der Waals surface area (Å²) in [6, 6.07) is 12.3. The first kappa shape index (κ1) is 15.3. The van der Waals surface area contributed by atoms with E-state index in [2.05, 4.69) is 53.9 Å². The number of para-hydroxylation sites is 1. The molecule has 5 aromatic rings. The Morgan fingerprint density at radius 3 is 2.69 bits per heavy atom. The smallest absolute Gasteiger partial charge is 0.274 e. The van der Waals surface area contributed by atoms with E-state index in [0.29, 0.717) is 4.53 Å². The van der Waals surface area contributed by atoms with Crippen molar-refractivity contribution in [2.45, 2.75) is 13.8 Å². The van der Waals surface area contributed by atoms with E-state index in [-0.39, 0.29) is 5.56 Å². The molecule has 5 heteroatoms. The fraction of sp³-hybridized carbons (Fsp3) is 0.143. The summed E-state index contributed by atoms with van der Waals surface area (Å²) in [5, 5.41) is 1.15. The van der Waals surface area contributed by atoms with Gasteiger partial charge in [-0.15, -0.1) is 0 Å². The van der Waals surface area contributed by atoms with E-state index in [1.807, 2.05) is 25.3 Å². The van der Waals surface area contributed by atoms with Gasteiger partial charge in [0.15, 0.2) is 4.96 Å². The summed E-state index contributed by atoms with van der Waals surface area (Å²) >= 11 is 1.45. The highest BCUT2D eigenvalue weighted by Gasteiger charge is 2.13. The van der Waals surface area contributed by atoms with Gasteiger partial charge in [0.2, 0.25) is 0 Å². The van der Waals surface area contributed by atoms with Crippen LogP contribution in [0.25, 0.3) is 33.0 Å². The molecular formula is C21H17N3OS. The predicted octanol–water partition coefficient (Wildman–Crippen LogP) is 3.57. The number of thiazole rings is 1. The van der Waals surface area contributed by atoms with Crippen LogP contribution in [0.1, 0.15) is 16.7 Å². The molecule has 2 aromatic carbocycles. The summed E-state index contributed by atoms with van der Waals surface area (Å²) < 4.78 is 4.54. The molecule has 0 radical (unpaired) electrons. The maximum absolute atomic E-state index is 13.0. The van der Waals surface area contributed by atoms with Gasteiger partial charge in [-0.3, -0.25) is 4.79 Å². The predicted molar refractivity (Wildman–Crippen MR) is 108 cm³/mol. The van der Waals surface area contributed by atoms with Crippen molar-refractivity contribution in [2.75, 3.05) is 0 Å². The highest BCUT2D eigenvalue weighted by atomic mass is 32.1. The van der Waals surface area contributed by atoms with E-state index in [4.69, 9.17) is 0 Å². The number of aryl methyl sites for hydroxylation is 3. The number of hydrogen-bond donors (Lipinski definition) is 0. The Balaban J connectivity index is 1.82. The second kappa shape index (κ2) is 5.29. The van der Waals surface area contributed by atoms with E-state index in [1.54, 1.807) is 4.40 Å². The summed E-state index contributed by atoms with van der Waals surface area (Å²) in [4.78, 5) is 18.5. The molecular weight excluding hydrogens is 342 g/mol. The van der Waals surface area contributed by atoms with Gasteiger partial charge in [0, 0.05) is 29.7 Å². The minimum atomic E-state index is 0.00341. The molecule has 26 heavy (non-hydrogen) atoms. The Hall–Kier alpha value is -2.92. The maximum atomic E-state index is 13.0. The van der Waals surface area contributed by atoms with Gasteiger partial charge in [0.1, 0.15) is 0 Å². The topological polar surface area (TPSA) is 39.3 Å². The highest BCUT2D eigenvalue weighted by molar-refractivity contribution is 7.15. The van der Waals surface area contributed by atoms with Crippen LogP contribution >= 0.6 is 11.3 Å². The van der Waals surface area contributed by atoms with Crippen molar-refractivity contribution in [3.05, 3.63) is 74.2 Å². The summed E-state index contributed by atoms with van der Waals surface area (Å²) in [6.07, 6.45) is 4.05. The van der Waals surface area contributed by atoms with Crippen LogP contribution in [-0.4, -0.2) is 14.0 Å². The molecule has 0 N–H and O–H groups in total. The lowest BCUT2D eigenvalue weighted by Crippen LogP contribution is -2.22. The van der Waals surface area contributed by atoms with Gasteiger partial charge in [0.25, 0.3) is 5.56 Å². The molecule has 5 rings (SSSR count). The fourth-order valence-corrected chi connectivity index (χ4v) is 4.53. The Kier molecular flexibility index (Phi) is 3.12. The standard InChI is InChI=1S/C21H17N3OS/c1-12-8-16-18(9-13(12)2)24-20(25)19(26-21(24)22-16)10-14-11-23(3)17-7-5-4-6-15(14)17/h4-11H,1-3H3. The number of aromatic nitrogens is 3. The van der Waals surface area contributed by atoms with Crippen LogP contribution in [0.3, 0.4) is 0 Å². The van der Waals surface area contributed by atoms with Gasteiger partial charge in [-0.1, -0.05) is 29.5 Å². The molecule has 0 atom stereocenters. The number of benzene rings is 2. The van der Waals surface area contributed by atoms with Gasteiger partial charge in [-0.2, -0.15) is 0 Å².